The van der Waals surface area contributed by atoms with Gasteiger partial charge < -0.3 is 25.4 Å². The Hall–Kier alpha value is -2.34. The number of nitrogens with zero attached hydrogens (tertiary/aromatic N) is 2. The number of nitrogens with two attached hydrogens (primary N) is 1. The number of carbonyl (C=O) groups excluding carboxylic acids is 1. The van der Waals surface area contributed by atoms with E-state index in [0.29, 0.717) is 10.8 Å². The Kier molecular flexibility index (Phi) is 5.62. The second kappa shape index (κ2) is 7.49. The molecule has 0 spiro atoms. The number of aliphatic hydroxyl groups excluding tert-OH is 2. The number of anilines is 1. The van der Waals surface area contributed by atoms with Crippen LogP contribution in [0.25, 0.3) is 0 Å². The predicted octanol–water partition coefficient (Wildman–Crippen LogP) is -1.31. The zero-order valence-electron chi connectivity index (χ0n) is 12.5. The zero-order valence-corrected chi connectivity index (χ0v) is 12.5. The molecule has 1 saturated heterocycles. The lowest BCUT2D eigenvalue weighted by molar-refractivity contribution is -0.0300. The number of ether oxygens (including phenoxy) is 2. The first-order valence-corrected chi connectivity index (χ1v) is 6.95. The van der Waals surface area contributed by atoms with Gasteiger partial charge in [0, 0.05) is 6.54 Å². The molecule has 1 aromatic heterocycles. The van der Waals surface area contributed by atoms with Crippen molar-refractivity contribution in [1.82, 2.24) is 9.55 Å². The fraction of sp³-hybridized carbons (Fsp3) is 0.462. The first-order valence-electron chi connectivity index (χ1n) is 6.95. The molecule has 0 radical (unpaired) electrons. The summed E-state index contributed by atoms with van der Waals surface area (Å²) < 4.78 is 24.5. The van der Waals surface area contributed by atoms with Gasteiger partial charge in [0.05, 0.1) is 6.20 Å². The Labute approximate surface area is 135 Å². The molecule has 4 unspecified atom stereocenters. The van der Waals surface area contributed by atoms with E-state index in [4.69, 9.17) is 10.5 Å². The van der Waals surface area contributed by atoms with E-state index in [-0.39, 0.29) is 13.2 Å². The molecule has 1 fully saturated rings. The average molecular weight is 344 g/mol. The van der Waals surface area contributed by atoms with Gasteiger partial charge in [0.2, 0.25) is 0 Å². The maximum absolute atomic E-state index is 14.0. The summed E-state index contributed by atoms with van der Waals surface area (Å²) in [6.45, 7) is 3.41. The summed E-state index contributed by atoms with van der Waals surface area (Å²) in [6.07, 6.45) is -4.18. The van der Waals surface area contributed by atoms with Gasteiger partial charge in [0.15, 0.2) is 17.9 Å². The van der Waals surface area contributed by atoms with E-state index in [1.165, 1.54) is 6.08 Å². The van der Waals surface area contributed by atoms with E-state index < -0.39 is 48.0 Å². The van der Waals surface area contributed by atoms with Crippen LogP contribution in [0.5, 0.6) is 0 Å². The van der Waals surface area contributed by atoms with Crippen molar-refractivity contribution in [1.29, 1.82) is 0 Å². The van der Waals surface area contributed by atoms with Crippen molar-refractivity contribution in [3.8, 4) is 0 Å². The topological polar surface area (TPSA) is 149 Å². The van der Waals surface area contributed by atoms with Crippen LogP contribution < -0.4 is 16.7 Å². The first kappa shape index (κ1) is 18.0. The second-order valence-corrected chi connectivity index (χ2v) is 4.89. The summed E-state index contributed by atoms with van der Waals surface area (Å²) in [5.74, 6) is -1.71. The molecule has 0 bridgehead atoms. The Bertz CT molecular complexity index is 681. The SMILES string of the molecule is C=CC1OC(n2cc(F)c(NC(=O)OCCN)nc2=O)C(O)C1O. The summed E-state index contributed by atoms with van der Waals surface area (Å²) >= 11 is 0. The monoisotopic (exact) mass is 344 g/mol. The molecule has 0 saturated carbocycles. The lowest BCUT2D eigenvalue weighted by Gasteiger charge is -2.17. The van der Waals surface area contributed by atoms with Crippen LogP contribution >= 0.6 is 0 Å². The minimum Gasteiger partial charge on any atom is -0.448 e. The van der Waals surface area contributed by atoms with Crippen LogP contribution in [0.1, 0.15) is 6.23 Å². The van der Waals surface area contributed by atoms with Gasteiger partial charge in [-0.15, -0.1) is 6.58 Å². The van der Waals surface area contributed by atoms with Gasteiger partial charge >= 0.3 is 11.8 Å². The van der Waals surface area contributed by atoms with Crippen LogP contribution in [-0.4, -0.2) is 57.3 Å². The van der Waals surface area contributed by atoms with Crippen molar-refractivity contribution in [3.05, 3.63) is 35.2 Å². The molecule has 0 aromatic carbocycles. The molecule has 24 heavy (non-hydrogen) atoms. The van der Waals surface area contributed by atoms with E-state index in [0.717, 1.165) is 0 Å². The lowest BCUT2D eigenvalue weighted by atomic mass is 10.1. The normalized spacial score (nSPS) is 26.2. The third kappa shape index (κ3) is 3.59. The first-order chi connectivity index (χ1) is 11.4. The smallest absolute Gasteiger partial charge is 0.412 e. The van der Waals surface area contributed by atoms with E-state index in [1.54, 1.807) is 0 Å². The number of halogens is 1. The van der Waals surface area contributed by atoms with Crippen molar-refractivity contribution in [2.75, 3.05) is 18.5 Å². The Morgan fingerprint density at radius 1 is 1.58 bits per heavy atom. The van der Waals surface area contributed by atoms with E-state index >= 15 is 0 Å². The van der Waals surface area contributed by atoms with Gasteiger partial charge in [-0.05, 0) is 0 Å². The zero-order chi connectivity index (χ0) is 17.9. The maximum atomic E-state index is 14.0. The highest BCUT2D eigenvalue weighted by molar-refractivity contribution is 5.83. The number of aliphatic hydroxyl groups is 2. The van der Waals surface area contributed by atoms with Crippen molar-refractivity contribution >= 4 is 11.9 Å². The number of hydrogen-bond donors (Lipinski definition) is 4. The van der Waals surface area contributed by atoms with Crippen molar-refractivity contribution in [3.63, 3.8) is 0 Å². The van der Waals surface area contributed by atoms with Crippen LogP contribution in [-0.2, 0) is 9.47 Å². The predicted molar refractivity (Wildman–Crippen MR) is 78.6 cm³/mol. The van der Waals surface area contributed by atoms with Gasteiger partial charge in [0.25, 0.3) is 0 Å². The molecule has 0 aliphatic carbocycles. The van der Waals surface area contributed by atoms with Gasteiger partial charge in [0.1, 0.15) is 24.9 Å². The summed E-state index contributed by atoms with van der Waals surface area (Å²) in [7, 11) is 0. The molecule has 1 aromatic rings. The molecule has 4 atom stereocenters. The second-order valence-electron chi connectivity index (χ2n) is 4.89. The van der Waals surface area contributed by atoms with Crippen LogP contribution in [0.3, 0.4) is 0 Å². The lowest BCUT2D eigenvalue weighted by Crippen LogP contribution is -2.36. The molecule has 11 heteroatoms. The van der Waals surface area contributed by atoms with Gasteiger partial charge in [-0.3, -0.25) is 9.88 Å². The largest absolute Gasteiger partial charge is 0.448 e. The number of carbonyl (C=O) groups is 1. The van der Waals surface area contributed by atoms with Crippen molar-refractivity contribution < 1.29 is 28.9 Å². The highest BCUT2D eigenvalue weighted by Crippen LogP contribution is 2.29. The number of nitrogens with one attached hydrogen (secondary N) is 1. The summed E-state index contributed by atoms with van der Waals surface area (Å²) in [6, 6.07) is 0. The molecule has 132 valence electrons. The molecule has 5 N–H and O–H groups in total. The fourth-order valence-corrected chi connectivity index (χ4v) is 2.11. The Morgan fingerprint density at radius 2 is 2.29 bits per heavy atom. The van der Waals surface area contributed by atoms with Gasteiger partial charge in [-0.25, -0.2) is 14.0 Å². The summed E-state index contributed by atoms with van der Waals surface area (Å²) in [4.78, 5) is 26.7. The Balaban J connectivity index is 2.23. The van der Waals surface area contributed by atoms with E-state index in [1.807, 2.05) is 5.32 Å². The summed E-state index contributed by atoms with van der Waals surface area (Å²) in [5.41, 5.74) is 4.14. The molecular formula is C13H17FN4O6. The number of amides is 1. The Morgan fingerprint density at radius 3 is 2.88 bits per heavy atom. The standard InChI is InChI=1S/C13H17FN4O6/c1-2-7-8(19)9(20)11(24-7)18-5-6(14)10(16-12(18)21)17-13(22)23-4-3-15/h2,5,7-9,11,19-20H,1,3-4,15H2,(H,16,17,21,22). The van der Waals surface area contributed by atoms with E-state index in [2.05, 4.69) is 16.3 Å². The third-order valence-corrected chi connectivity index (χ3v) is 3.26. The molecule has 1 aliphatic rings. The van der Waals surface area contributed by atoms with Crippen molar-refractivity contribution in [2.45, 2.75) is 24.5 Å². The average Bonchev–Trinajstić information content (AvgIpc) is 2.84. The molecule has 10 nitrogen and oxygen atoms in total. The molecule has 2 rings (SSSR count). The molecular weight excluding hydrogens is 327 g/mol. The summed E-state index contributed by atoms with van der Waals surface area (Å²) in [5, 5.41) is 21.6. The van der Waals surface area contributed by atoms with Crippen LogP contribution in [0.4, 0.5) is 15.0 Å². The van der Waals surface area contributed by atoms with Gasteiger partial charge in [-0.2, -0.15) is 4.98 Å². The van der Waals surface area contributed by atoms with E-state index in [9.17, 15) is 24.2 Å². The fourth-order valence-electron chi connectivity index (χ4n) is 2.11. The molecule has 1 aliphatic heterocycles. The number of hydrogen-bond acceptors (Lipinski definition) is 8. The maximum Gasteiger partial charge on any atom is 0.412 e. The molecule has 1 amide bonds. The van der Waals surface area contributed by atoms with Gasteiger partial charge in [-0.1, -0.05) is 6.08 Å². The molecule has 2 heterocycles. The minimum atomic E-state index is -1.49. The number of rotatable bonds is 5. The minimum absolute atomic E-state index is 0.0780. The van der Waals surface area contributed by atoms with Crippen molar-refractivity contribution in [2.24, 2.45) is 5.73 Å². The van der Waals surface area contributed by atoms with Crippen LogP contribution in [0.15, 0.2) is 23.6 Å². The van der Waals surface area contributed by atoms with Crippen LogP contribution in [0.2, 0.25) is 0 Å². The van der Waals surface area contributed by atoms with Crippen LogP contribution in [0, 0.1) is 5.82 Å². The quantitative estimate of drug-likeness (QED) is 0.481. The third-order valence-electron chi connectivity index (χ3n) is 3.26. The highest BCUT2D eigenvalue weighted by atomic mass is 19.1. The number of aromatic nitrogens is 2. The highest BCUT2D eigenvalue weighted by Gasteiger charge is 2.43.